The summed E-state index contributed by atoms with van der Waals surface area (Å²) in [6.07, 6.45) is 15.1. The first kappa shape index (κ1) is 46.4. The highest BCUT2D eigenvalue weighted by Gasteiger charge is 2.44. The number of rotatable bonds is 17. The number of benzene rings is 3. The number of quaternary nitrogens is 1. The maximum Gasteiger partial charge on any atom is 0.220 e. The van der Waals surface area contributed by atoms with Crippen molar-refractivity contribution in [2.24, 2.45) is 0 Å². The van der Waals surface area contributed by atoms with Crippen molar-refractivity contribution in [3.05, 3.63) is 124 Å². The minimum atomic E-state index is -0.282. The number of allylic oxidation sites excluding steroid dienone is 7. The maximum atomic E-state index is 12.4. The van der Waals surface area contributed by atoms with Crippen LogP contribution < -0.4 is 15.0 Å². The lowest BCUT2D eigenvalue weighted by atomic mass is 9.81. The van der Waals surface area contributed by atoms with Crippen LogP contribution in [0.4, 0.5) is 11.4 Å². The summed E-state index contributed by atoms with van der Waals surface area (Å²) in [7, 11) is 6.74. The topological polar surface area (TPSA) is 85.0 Å². The van der Waals surface area contributed by atoms with Gasteiger partial charge in [0.2, 0.25) is 11.6 Å². The lowest BCUT2D eigenvalue weighted by Crippen LogP contribution is -2.37. The molecule has 3 aliphatic rings. The third kappa shape index (κ3) is 10.8. The van der Waals surface area contributed by atoms with Crippen LogP contribution in [0.25, 0.3) is 0 Å². The number of nitrogens with one attached hydrogen (secondary N) is 1. The Kier molecular flexibility index (Phi) is 14.9. The van der Waals surface area contributed by atoms with Crippen LogP contribution >= 0.6 is 24.1 Å². The molecule has 6 rings (SSSR count). The Morgan fingerprint density at radius 1 is 0.918 bits per heavy atom. The zero-order valence-corrected chi connectivity index (χ0v) is 39.7. The Morgan fingerprint density at radius 2 is 1.61 bits per heavy atom. The molecule has 0 aromatic heterocycles. The van der Waals surface area contributed by atoms with Crippen LogP contribution in [0.3, 0.4) is 0 Å². The zero-order valence-electron chi connectivity index (χ0n) is 38.1. The molecular formula is C51H68N4O4S2+2. The SMILES string of the molecule is CCC[N+]1=C(/C=C/C2=C(Oc3ccc(CCC(=O)NC(C)C)cc3)C(=C/C=C3/N(CCC[N+](C)(C)C)c4ccc(SO)cc4C3(C)C)/CCC2)C(C)(C)c2cc(SO)ccc21. The fourth-order valence-electron chi connectivity index (χ4n) is 9.04. The Bertz CT molecular complexity index is 2240. The molecule has 326 valence electrons. The number of anilines is 1. The first-order valence-electron chi connectivity index (χ1n) is 22.0. The van der Waals surface area contributed by atoms with Gasteiger partial charge < -0.3 is 28.5 Å². The minimum absolute atomic E-state index is 0.0628. The van der Waals surface area contributed by atoms with Gasteiger partial charge in [0.1, 0.15) is 18.1 Å². The summed E-state index contributed by atoms with van der Waals surface area (Å²) >= 11 is 1.60. The molecule has 8 nitrogen and oxygen atoms in total. The number of carbonyl (C=O) groups excluding carboxylic acids is 1. The van der Waals surface area contributed by atoms with Crippen molar-refractivity contribution < 1.29 is 27.7 Å². The molecule has 0 bridgehead atoms. The van der Waals surface area contributed by atoms with Gasteiger partial charge in [-0.25, -0.2) is 0 Å². The normalized spacial score (nSPS) is 18.5. The van der Waals surface area contributed by atoms with E-state index in [0.29, 0.717) is 12.8 Å². The largest absolute Gasteiger partial charge is 0.457 e. The monoisotopic (exact) mass is 864 g/mol. The van der Waals surface area contributed by atoms with E-state index in [1.165, 1.54) is 33.9 Å². The summed E-state index contributed by atoms with van der Waals surface area (Å²) in [5.41, 5.74) is 10.2. The molecular weight excluding hydrogens is 797 g/mol. The molecule has 0 spiro atoms. The third-order valence-corrected chi connectivity index (χ3v) is 13.1. The second kappa shape index (κ2) is 19.5. The zero-order chi connectivity index (χ0) is 44.1. The third-order valence-electron chi connectivity index (χ3n) is 12.2. The van der Waals surface area contributed by atoms with Crippen LogP contribution in [-0.2, 0) is 22.0 Å². The van der Waals surface area contributed by atoms with Gasteiger partial charge in [0.25, 0.3) is 0 Å². The Balaban J connectivity index is 1.41. The first-order valence-corrected chi connectivity index (χ1v) is 23.6. The average Bonchev–Trinajstić information content (AvgIpc) is 3.55. The fourth-order valence-corrected chi connectivity index (χ4v) is 9.63. The van der Waals surface area contributed by atoms with Crippen LogP contribution in [0.1, 0.15) is 104 Å². The van der Waals surface area contributed by atoms with E-state index in [4.69, 9.17) is 4.74 Å². The van der Waals surface area contributed by atoms with E-state index < -0.39 is 0 Å². The van der Waals surface area contributed by atoms with Gasteiger partial charge in [0.15, 0.2) is 5.71 Å². The molecule has 0 atom stereocenters. The second-order valence-electron chi connectivity index (χ2n) is 19.1. The molecule has 0 saturated carbocycles. The van der Waals surface area contributed by atoms with Gasteiger partial charge >= 0.3 is 0 Å². The molecule has 3 N–H and O–H groups in total. The van der Waals surface area contributed by atoms with Gasteiger partial charge in [-0.3, -0.25) is 4.79 Å². The van der Waals surface area contributed by atoms with Crippen LogP contribution in [0.15, 0.2) is 117 Å². The van der Waals surface area contributed by atoms with E-state index >= 15 is 0 Å². The van der Waals surface area contributed by atoms with Crippen molar-refractivity contribution >= 4 is 47.1 Å². The maximum absolute atomic E-state index is 12.4. The van der Waals surface area contributed by atoms with Gasteiger partial charge in [0, 0.05) is 100 Å². The van der Waals surface area contributed by atoms with Crippen molar-refractivity contribution in [3.63, 3.8) is 0 Å². The molecule has 61 heavy (non-hydrogen) atoms. The van der Waals surface area contributed by atoms with Gasteiger partial charge in [-0.1, -0.05) is 39.0 Å². The Labute approximate surface area is 374 Å². The summed E-state index contributed by atoms with van der Waals surface area (Å²) in [5, 5.41) is 2.99. The summed E-state index contributed by atoms with van der Waals surface area (Å²) in [4.78, 5) is 16.6. The van der Waals surface area contributed by atoms with E-state index in [0.717, 1.165) is 118 Å². The standard InChI is InChI=1S/C51H66N4O4S2/c1-11-30-53-44-25-23-40(60-57)33-42(44)50(4,5)46(53)27-19-37-14-12-15-38(49(37)59-39-21-16-36(17-22-39)18-29-48(56)52-35(2)3)20-28-47-51(6,7)43-34-41(61-58)24-26-45(43)54(47)31-13-32-55(8,9)10/h16-17,19-28,33-35H,11-15,18,29-32H2,1-10H3,(H-2,52,56,57,58)/p+2. The summed E-state index contributed by atoms with van der Waals surface area (Å²) in [6, 6.07) is 20.9. The second-order valence-corrected chi connectivity index (χ2v) is 20.4. The summed E-state index contributed by atoms with van der Waals surface area (Å²) < 4.78 is 30.3. The van der Waals surface area contributed by atoms with Crippen molar-refractivity contribution in [2.75, 3.05) is 45.7 Å². The van der Waals surface area contributed by atoms with Gasteiger partial charge in [0.05, 0.1) is 33.1 Å². The van der Waals surface area contributed by atoms with Crippen LogP contribution in [0.2, 0.25) is 0 Å². The molecule has 3 aromatic rings. The van der Waals surface area contributed by atoms with Gasteiger partial charge in [-0.15, -0.1) is 0 Å². The lowest BCUT2D eigenvalue weighted by Gasteiger charge is -2.29. The molecule has 1 amide bonds. The van der Waals surface area contributed by atoms with E-state index in [9.17, 15) is 13.9 Å². The van der Waals surface area contributed by atoms with E-state index in [-0.39, 0.29) is 22.8 Å². The average molecular weight is 865 g/mol. The first-order chi connectivity index (χ1) is 29.0. The Hall–Kier alpha value is -4.06. The van der Waals surface area contributed by atoms with Crippen molar-refractivity contribution in [2.45, 2.75) is 120 Å². The van der Waals surface area contributed by atoms with Crippen LogP contribution in [-0.4, -0.2) is 76.6 Å². The number of amides is 1. The quantitative estimate of drug-likeness (QED) is 0.0708. The van der Waals surface area contributed by atoms with E-state index in [1.54, 1.807) is 0 Å². The molecule has 1 aliphatic carbocycles. The number of hydrogen-bond acceptors (Lipinski definition) is 7. The highest BCUT2D eigenvalue weighted by atomic mass is 32.2. The number of aryl methyl sites for hydroxylation is 1. The minimum Gasteiger partial charge on any atom is -0.457 e. The Morgan fingerprint density at radius 3 is 2.26 bits per heavy atom. The predicted molar refractivity (Wildman–Crippen MR) is 256 cm³/mol. The smallest absolute Gasteiger partial charge is 0.220 e. The fraction of sp³-hybridized carbons (Fsp3) is 0.451. The number of nitrogens with zero attached hydrogens (tertiary/aromatic N) is 3. The molecule has 2 aliphatic heterocycles. The molecule has 2 heterocycles. The van der Waals surface area contributed by atoms with Crippen LogP contribution in [0, 0.1) is 0 Å². The number of ether oxygens (including phenoxy) is 1. The summed E-state index contributed by atoms with van der Waals surface area (Å²) in [5.74, 6) is 1.72. The molecule has 0 saturated heterocycles. The van der Waals surface area contributed by atoms with Crippen molar-refractivity contribution in [1.29, 1.82) is 0 Å². The predicted octanol–water partition coefficient (Wildman–Crippen LogP) is 11.8. The van der Waals surface area contributed by atoms with E-state index in [2.05, 4.69) is 131 Å². The van der Waals surface area contributed by atoms with Crippen molar-refractivity contribution in [3.8, 4) is 5.75 Å². The number of carbonyl (C=O) groups is 1. The molecule has 0 unspecified atom stereocenters. The highest BCUT2D eigenvalue weighted by Crippen LogP contribution is 2.49. The van der Waals surface area contributed by atoms with Gasteiger partial charge in [-0.05, 0) is 130 Å². The van der Waals surface area contributed by atoms with Crippen molar-refractivity contribution in [1.82, 2.24) is 5.32 Å². The number of hydrogen-bond donors (Lipinski definition) is 3. The molecule has 0 radical (unpaired) electrons. The van der Waals surface area contributed by atoms with E-state index in [1.807, 2.05) is 38.1 Å². The molecule has 0 fully saturated rings. The lowest BCUT2D eigenvalue weighted by molar-refractivity contribution is -0.870. The van der Waals surface area contributed by atoms with Gasteiger partial charge in [-0.2, -0.15) is 4.58 Å². The highest BCUT2D eigenvalue weighted by molar-refractivity contribution is 7.94. The van der Waals surface area contributed by atoms with Crippen LogP contribution in [0.5, 0.6) is 5.75 Å². The number of fused-ring (bicyclic) bond motifs is 2. The molecule has 3 aromatic carbocycles. The molecule has 10 heteroatoms. The summed E-state index contributed by atoms with van der Waals surface area (Å²) in [6.45, 7) is 18.2.